The van der Waals surface area contributed by atoms with Crippen LogP contribution < -0.4 is 20.2 Å². The summed E-state index contributed by atoms with van der Waals surface area (Å²) in [6.07, 6.45) is 1.49. The fourth-order valence-corrected chi connectivity index (χ4v) is 2.17. The van der Waals surface area contributed by atoms with Gasteiger partial charge in [-0.05, 0) is 36.4 Å². The Hall–Kier alpha value is -3.35. The molecule has 2 aromatic rings. The molecule has 0 aliphatic heterocycles. The molecule has 7 heteroatoms. The zero-order valence-corrected chi connectivity index (χ0v) is 16.7. The molecule has 0 heterocycles. The molecule has 0 spiro atoms. The average molecular weight is 383 g/mol. The number of hydrogen-bond donors (Lipinski definition) is 2. The van der Waals surface area contributed by atoms with E-state index < -0.39 is 5.41 Å². The van der Waals surface area contributed by atoms with E-state index in [1.165, 1.54) is 6.21 Å². The third kappa shape index (κ3) is 5.57. The van der Waals surface area contributed by atoms with E-state index in [0.29, 0.717) is 28.3 Å². The number of carbonyl (C=O) groups excluding carboxylic acids is 2. The van der Waals surface area contributed by atoms with Crippen LogP contribution in [0, 0.1) is 5.41 Å². The Balaban J connectivity index is 2.00. The van der Waals surface area contributed by atoms with Gasteiger partial charge in [-0.1, -0.05) is 20.8 Å². The highest BCUT2D eigenvalue weighted by Crippen LogP contribution is 2.23. The first kappa shape index (κ1) is 21.0. The Morgan fingerprint density at radius 3 is 2.25 bits per heavy atom. The Kier molecular flexibility index (Phi) is 6.76. The highest BCUT2D eigenvalue weighted by molar-refractivity contribution is 5.97. The Bertz CT molecular complexity index is 868. The van der Waals surface area contributed by atoms with Gasteiger partial charge in [0.15, 0.2) is 0 Å². The molecule has 0 saturated heterocycles. The van der Waals surface area contributed by atoms with Crippen LogP contribution in [-0.4, -0.2) is 32.2 Å². The van der Waals surface area contributed by atoms with Crippen LogP contribution in [0.25, 0.3) is 0 Å². The maximum atomic E-state index is 12.2. The van der Waals surface area contributed by atoms with Gasteiger partial charge in [0, 0.05) is 28.3 Å². The summed E-state index contributed by atoms with van der Waals surface area (Å²) in [6.45, 7) is 5.50. The van der Waals surface area contributed by atoms with Crippen molar-refractivity contribution in [1.82, 2.24) is 5.43 Å². The van der Waals surface area contributed by atoms with E-state index in [1.54, 1.807) is 56.7 Å². The monoisotopic (exact) mass is 383 g/mol. The summed E-state index contributed by atoms with van der Waals surface area (Å²) in [6, 6.07) is 11.9. The highest BCUT2D eigenvalue weighted by Gasteiger charge is 2.21. The van der Waals surface area contributed by atoms with E-state index in [1.807, 2.05) is 20.8 Å². The molecule has 2 amide bonds. The largest absolute Gasteiger partial charge is 0.497 e. The summed E-state index contributed by atoms with van der Waals surface area (Å²) in [5.74, 6) is 0.785. The molecule has 0 unspecified atom stereocenters. The van der Waals surface area contributed by atoms with Crippen LogP contribution in [0.3, 0.4) is 0 Å². The smallest absolute Gasteiger partial charge is 0.271 e. The number of methoxy groups -OCH3 is 2. The van der Waals surface area contributed by atoms with Gasteiger partial charge >= 0.3 is 0 Å². The molecule has 0 aliphatic rings. The van der Waals surface area contributed by atoms with Crippen LogP contribution in [0.4, 0.5) is 5.69 Å². The Morgan fingerprint density at radius 1 is 1.00 bits per heavy atom. The third-order valence-electron chi connectivity index (χ3n) is 3.90. The van der Waals surface area contributed by atoms with Crippen LogP contribution in [0.2, 0.25) is 0 Å². The minimum absolute atomic E-state index is 0.0947. The summed E-state index contributed by atoms with van der Waals surface area (Å²) in [5.41, 5.74) is 3.72. The number of nitrogens with zero attached hydrogens (tertiary/aromatic N) is 1. The number of carbonyl (C=O) groups is 2. The molecule has 148 valence electrons. The van der Waals surface area contributed by atoms with Crippen molar-refractivity contribution in [3.8, 4) is 11.5 Å². The Morgan fingerprint density at radius 2 is 1.68 bits per heavy atom. The van der Waals surface area contributed by atoms with Crippen molar-refractivity contribution >= 4 is 23.7 Å². The first-order valence-corrected chi connectivity index (χ1v) is 8.71. The number of ether oxygens (including phenoxy) is 2. The van der Waals surface area contributed by atoms with Crippen molar-refractivity contribution < 1.29 is 19.1 Å². The highest BCUT2D eigenvalue weighted by atomic mass is 16.5. The van der Waals surface area contributed by atoms with Crippen molar-refractivity contribution in [2.75, 3.05) is 19.5 Å². The lowest BCUT2D eigenvalue weighted by Crippen LogP contribution is -2.27. The Labute approximate surface area is 164 Å². The number of benzene rings is 2. The zero-order chi connectivity index (χ0) is 20.7. The SMILES string of the molecule is COc1ccc(C=NNC(=O)c2ccc(NC(=O)C(C)(C)C)cc2)c(OC)c1. The minimum atomic E-state index is -0.493. The minimum Gasteiger partial charge on any atom is -0.497 e. The van der Waals surface area contributed by atoms with E-state index >= 15 is 0 Å². The number of amides is 2. The van der Waals surface area contributed by atoms with Gasteiger partial charge in [0.25, 0.3) is 5.91 Å². The van der Waals surface area contributed by atoms with Gasteiger partial charge in [-0.25, -0.2) is 5.43 Å². The molecule has 0 aliphatic carbocycles. The molecule has 0 bridgehead atoms. The second-order valence-electron chi connectivity index (χ2n) is 7.09. The van der Waals surface area contributed by atoms with Gasteiger partial charge in [0.2, 0.25) is 5.91 Å². The molecular weight excluding hydrogens is 358 g/mol. The van der Waals surface area contributed by atoms with Crippen LogP contribution in [0.15, 0.2) is 47.6 Å². The van der Waals surface area contributed by atoms with E-state index in [-0.39, 0.29) is 11.8 Å². The number of hydrogen-bond acceptors (Lipinski definition) is 5. The topological polar surface area (TPSA) is 89.0 Å². The van der Waals surface area contributed by atoms with Crippen molar-refractivity contribution in [2.24, 2.45) is 10.5 Å². The van der Waals surface area contributed by atoms with Crippen molar-refractivity contribution in [2.45, 2.75) is 20.8 Å². The zero-order valence-electron chi connectivity index (χ0n) is 16.7. The molecule has 0 saturated carbocycles. The van der Waals surface area contributed by atoms with Crippen molar-refractivity contribution in [3.05, 3.63) is 53.6 Å². The third-order valence-corrected chi connectivity index (χ3v) is 3.90. The quantitative estimate of drug-likeness (QED) is 0.591. The normalized spacial score (nSPS) is 11.2. The van der Waals surface area contributed by atoms with Gasteiger partial charge in [-0.15, -0.1) is 0 Å². The predicted octanol–water partition coefficient (Wildman–Crippen LogP) is 3.45. The van der Waals surface area contributed by atoms with Crippen LogP contribution in [-0.2, 0) is 4.79 Å². The lowest BCUT2D eigenvalue weighted by atomic mass is 9.95. The van der Waals surface area contributed by atoms with Crippen LogP contribution in [0.5, 0.6) is 11.5 Å². The first-order chi connectivity index (χ1) is 13.2. The number of rotatable bonds is 6. The second-order valence-corrected chi connectivity index (χ2v) is 7.09. The van der Waals surface area contributed by atoms with Gasteiger partial charge in [-0.2, -0.15) is 5.10 Å². The number of nitrogens with one attached hydrogen (secondary N) is 2. The lowest BCUT2D eigenvalue weighted by Gasteiger charge is -2.17. The van der Waals surface area contributed by atoms with Gasteiger partial charge in [0.1, 0.15) is 11.5 Å². The molecule has 0 radical (unpaired) electrons. The predicted molar refractivity (Wildman–Crippen MR) is 109 cm³/mol. The molecular formula is C21H25N3O4. The van der Waals surface area contributed by atoms with E-state index in [9.17, 15) is 9.59 Å². The van der Waals surface area contributed by atoms with E-state index in [4.69, 9.17) is 9.47 Å². The number of anilines is 1. The molecule has 0 aromatic heterocycles. The molecule has 7 nitrogen and oxygen atoms in total. The second kappa shape index (κ2) is 9.03. The lowest BCUT2D eigenvalue weighted by molar-refractivity contribution is -0.123. The fraction of sp³-hybridized carbons (Fsp3) is 0.286. The standard InChI is InChI=1S/C21H25N3O4/c1-21(2,3)20(26)23-16-9-6-14(7-10-16)19(25)24-22-13-15-8-11-17(27-4)12-18(15)28-5/h6-13H,1-5H3,(H,23,26)(H,24,25). The van der Waals surface area contributed by atoms with Gasteiger partial charge in [-0.3, -0.25) is 9.59 Å². The molecule has 0 atom stereocenters. The average Bonchev–Trinajstić information content (AvgIpc) is 2.67. The summed E-state index contributed by atoms with van der Waals surface area (Å²) < 4.78 is 10.4. The maximum absolute atomic E-state index is 12.2. The van der Waals surface area contributed by atoms with Crippen molar-refractivity contribution in [1.29, 1.82) is 0 Å². The number of hydrazone groups is 1. The maximum Gasteiger partial charge on any atom is 0.271 e. The fourth-order valence-electron chi connectivity index (χ4n) is 2.17. The van der Waals surface area contributed by atoms with Crippen LogP contribution in [0.1, 0.15) is 36.7 Å². The molecule has 2 rings (SSSR count). The van der Waals surface area contributed by atoms with E-state index in [0.717, 1.165) is 0 Å². The molecule has 0 fully saturated rings. The van der Waals surface area contributed by atoms with Crippen LogP contribution >= 0.6 is 0 Å². The van der Waals surface area contributed by atoms with Gasteiger partial charge < -0.3 is 14.8 Å². The molecule has 28 heavy (non-hydrogen) atoms. The van der Waals surface area contributed by atoms with Crippen molar-refractivity contribution in [3.63, 3.8) is 0 Å². The first-order valence-electron chi connectivity index (χ1n) is 8.71. The molecule has 2 N–H and O–H groups in total. The molecule has 2 aromatic carbocycles. The summed E-state index contributed by atoms with van der Waals surface area (Å²) in [4.78, 5) is 24.2. The summed E-state index contributed by atoms with van der Waals surface area (Å²) in [7, 11) is 3.12. The van der Waals surface area contributed by atoms with Gasteiger partial charge in [0.05, 0.1) is 20.4 Å². The summed E-state index contributed by atoms with van der Waals surface area (Å²) >= 11 is 0. The summed E-state index contributed by atoms with van der Waals surface area (Å²) in [5, 5.41) is 6.78. The van der Waals surface area contributed by atoms with E-state index in [2.05, 4.69) is 15.8 Å².